The summed E-state index contributed by atoms with van der Waals surface area (Å²) in [5, 5.41) is 9.46. The Hall–Kier alpha value is -1.31. The molecule has 4 nitrogen and oxygen atoms in total. The van der Waals surface area contributed by atoms with Gasteiger partial charge in [0.25, 0.3) is 5.91 Å². The van der Waals surface area contributed by atoms with Crippen molar-refractivity contribution in [3.8, 4) is 0 Å². The highest BCUT2D eigenvalue weighted by atomic mass is 32.2. The molecule has 1 saturated heterocycles. The highest BCUT2D eigenvalue weighted by Gasteiger charge is 2.40. The van der Waals surface area contributed by atoms with Crippen molar-refractivity contribution in [2.45, 2.75) is 32.2 Å². The summed E-state index contributed by atoms with van der Waals surface area (Å²) in [5.74, 6) is -0.242. The van der Waals surface area contributed by atoms with Crippen LogP contribution in [0.4, 0.5) is 0 Å². The first-order valence-corrected chi connectivity index (χ1v) is 10.6. The van der Waals surface area contributed by atoms with Gasteiger partial charge in [-0.2, -0.15) is 11.8 Å². The maximum atomic E-state index is 12.7. The van der Waals surface area contributed by atoms with Crippen molar-refractivity contribution in [3.63, 3.8) is 0 Å². The molecule has 0 aliphatic carbocycles. The minimum Gasteiger partial charge on any atom is -0.480 e. The number of aliphatic carboxylic acids is 1. The number of nitrogens with zero attached hydrogens (tertiary/aromatic N) is 1. The molecule has 0 saturated carbocycles. The van der Waals surface area contributed by atoms with Crippen molar-refractivity contribution in [2.24, 2.45) is 0 Å². The smallest absolute Gasteiger partial charge is 0.326 e. The molecular formula is C18H21NO3S3. The van der Waals surface area contributed by atoms with Gasteiger partial charge in [0.1, 0.15) is 10.4 Å². The van der Waals surface area contributed by atoms with Gasteiger partial charge in [0, 0.05) is 0 Å². The van der Waals surface area contributed by atoms with Crippen LogP contribution in [0.2, 0.25) is 0 Å². The number of thioether (sulfide) groups is 2. The van der Waals surface area contributed by atoms with Crippen molar-refractivity contribution >= 4 is 58.0 Å². The van der Waals surface area contributed by atoms with E-state index in [0.29, 0.717) is 27.3 Å². The van der Waals surface area contributed by atoms with E-state index in [1.54, 1.807) is 17.8 Å². The number of carboxylic acid groups (broad SMARTS) is 1. The van der Waals surface area contributed by atoms with Crippen LogP contribution in [-0.2, 0) is 9.59 Å². The van der Waals surface area contributed by atoms with Gasteiger partial charge in [0.2, 0.25) is 0 Å². The number of carboxylic acids is 1. The molecule has 25 heavy (non-hydrogen) atoms. The molecule has 2 rings (SSSR count). The lowest BCUT2D eigenvalue weighted by Gasteiger charge is -2.22. The van der Waals surface area contributed by atoms with Gasteiger partial charge in [-0.25, -0.2) is 4.79 Å². The molecule has 0 bridgehead atoms. The Kier molecular flexibility index (Phi) is 7.10. The van der Waals surface area contributed by atoms with Crippen molar-refractivity contribution in [1.82, 2.24) is 4.90 Å². The Morgan fingerprint density at radius 2 is 2.00 bits per heavy atom. The fourth-order valence-electron chi connectivity index (χ4n) is 2.47. The molecular weight excluding hydrogens is 374 g/mol. The summed E-state index contributed by atoms with van der Waals surface area (Å²) in [7, 11) is 0. The molecule has 0 spiro atoms. The fraction of sp³-hybridized carbons (Fsp3) is 0.389. The van der Waals surface area contributed by atoms with Crippen LogP contribution in [-0.4, -0.2) is 44.3 Å². The van der Waals surface area contributed by atoms with Gasteiger partial charge in [0.05, 0.1) is 4.91 Å². The summed E-state index contributed by atoms with van der Waals surface area (Å²) in [6.07, 6.45) is 4.06. The van der Waals surface area contributed by atoms with E-state index in [-0.39, 0.29) is 5.91 Å². The molecule has 1 aromatic rings. The van der Waals surface area contributed by atoms with Crippen LogP contribution in [0.1, 0.15) is 37.3 Å². The van der Waals surface area contributed by atoms with Crippen LogP contribution in [0.3, 0.4) is 0 Å². The summed E-state index contributed by atoms with van der Waals surface area (Å²) in [5.41, 5.74) is 2.13. The first-order chi connectivity index (χ1) is 11.8. The lowest BCUT2D eigenvalue weighted by Crippen LogP contribution is -2.44. The van der Waals surface area contributed by atoms with Crippen LogP contribution in [0.5, 0.6) is 0 Å². The molecule has 1 aliphatic rings. The Bertz CT molecular complexity index is 698. The van der Waals surface area contributed by atoms with Crippen LogP contribution in [0.25, 0.3) is 6.08 Å². The van der Waals surface area contributed by atoms with Gasteiger partial charge >= 0.3 is 5.97 Å². The molecule has 1 amide bonds. The van der Waals surface area contributed by atoms with Crippen molar-refractivity contribution in [2.75, 3.05) is 12.0 Å². The van der Waals surface area contributed by atoms with E-state index in [1.165, 1.54) is 22.2 Å². The number of thiocarbonyl (C=S) groups is 1. The number of carbonyl (C=O) groups excluding carboxylic acids is 1. The zero-order chi connectivity index (χ0) is 18.6. The minimum absolute atomic E-state index is 0.309. The van der Waals surface area contributed by atoms with E-state index >= 15 is 0 Å². The number of hydrogen-bond donors (Lipinski definition) is 1. The van der Waals surface area contributed by atoms with Crippen LogP contribution < -0.4 is 0 Å². The molecule has 1 heterocycles. The molecule has 0 aromatic heterocycles. The second kappa shape index (κ2) is 8.87. The van der Waals surface area contributed by atoms with Crippen LogP contribution in [0.15, 0.2) is 29.2 Å². The minimum atomic E-state index is -1.02. The summed E-state index contributed by atoms with van der Waals surface area (Å²) >= 11 is 7.98. The molecule has 0 radical (unpaired) electrons. The molecule has 0 unspecified atom stereocenters. The molecule has 7 heteroatoms. The third kappa shape index (κ3) is 4.86. The monoisotopic (exact) mass is 395 g/mol. The van der Waals surface area contributed by atoms with Gasteiger partial charge in [-0.05, 0) is 41.6 Å². The first-order valence-electron chi connectivity index (χ1n) is 7.94. The molecule has 134 valence electrons. The predicted octanol–water partition coefficient (Wildman–Crippen LogP) is 4.22. The largest absolute Gasteiger partial charge is 0.480 e. The van der Waals surface area contributed by atoms with Crippen molar-refractivity contribution < 1.29 is 14.7 Å². The average molecular weight is 396 g/mol. The highest BCUT2D eigenvalue weighted by Crippen LogP contribution is 2.35. The maximum absolute atomic E-state index is 12.7. The second-order valence-corrected chi connectivity index (χ2v) is 8.67. The first kappa shape index (κ1) is 20.0. The van der Waals surface area contributed by atoms with Gasteiger partial charge in [0.15, 0.2) is 0 Å². The van der Waals surface area contributed by atoms with Crippen LogP contribution in [0, 0.1) is 0 Å². The standard InChI is InChI=1S/C18H21NO3S3/c1-11(2)13-6-4-12(5-7-13)10-15-16(20)19(18(23)25-15)14(17(21)22)8-9-24-3/h4-7,10-11,14H,8-9H2,1-3H3,(H,21,22)/b15-10+/t14-/m1/s1. The lowest BCUT2D eigenvalue weighted by molar-refractivity contribution is -0.145. The summed E-state index contributed by atoms with van der Waals surface area (Å²) in [4.78, 5) is 26.0. The lowest BCUT2D eigenvalue weighted by atomic mass is 10.0. The van der Waals surface area contributed by atoms with Crippen LogP contribution >= 0.6 is 35.7 Å². The number of rotatable bonds is 7. The highest BCUT2D eigenvalue weighted by molar-refractivity contribution is 8.26. The third-order valence-electron chi connectivity index (χ3n) is 3.92. The van der Waals surface area contributed by atoms with Crippen molar-refractivity contribution in [1.29, 1.82) is 0 Å². The molecule has 1 N–H and O–H groups in total. The average Bonchev–Trinajstić information content (AvgIpc) is 2.83. The van der Waals surface area contributed by atoms with E-state index in [1.807, 2.05) is 30.5 Å². The van der Waals surface area contributed by atoms with Gasteiger partial charge in [-0.3, -0.25) is 9.69 Å². The summed E-state index contributed by atoms with van der Waals surface area (Å²) < 4.78 is 0.309. The zero-order valence-electron chi connectivity index (χ0n) is 14.4. The van der Waals surface area contributed by atoms with E-state index in [9.17, 15) is 14.7 Å². The van der Waals surface area contributed by atoms with E-state index in [0.717, 1.165) is 5.56 Å². The van der Waals surface area contributed by atoms with E-state index in [4.69, 9.17) is 12.2 Å². The van der Waals surface area contributed by atoms with Gasteiger partial charge < -0.3 is 5.11 Å². The Morgan fingerprint density at radius 1 is 1.36 bits per heavy atom. The number of benzene rings is 1. The normalized spacial score (nSPS) is 17.6. The van der Waals surface area contributed by atoms with E-state index in [2.05, 4.69) is 13.8 Å². The molecule has 1 aromatic carbocycles. The molecule has 1 fully saturated rings. The van der Waals surface area contributed by atoms with Crippen molar-refractivity contribution in [3.05, 3.63) is 40.3 Å². The number of amides is 1. The fourth-order valence-corrected chi connectivity index (χ4v) is 4.29. The van der Waals surface area contributed by atoms with E-state index < -0.39 is 12.0 Å². The predicted molar refractivity (Wildman–Crippen MR) is 110 cm³/mol. The van der Waals surface area contributed by atoms with Gasteiger partial charge in [-0.15, -0.1) is 0 Å². The SMILES string of the molecule is CSCC[C@H](C(=O)O)N1C(=O)/C(=C\c2ccc(C(C)C)cc2)SC1=S. The number of carbonyl (C=O) groups is 2. The zero-order valence-corrected chi connectivity index (χ0v) is 16.8. The summed E-state index contributed by atoms with van der Waals surface area (Å²) in [6.45, 7) is 4.25. The molecule has 1 atom stereocenters. The topological polar surface area (TPSA) is 57.6 Å². The summed E-state index contributed by atoms with van der Waals surface area (Å²) in [6, 6.07) is 7.09. The Balaban J connectivity index is 2.23. The number of hydrogen-bond acceptors (Lipinski definition) is 5. The Labute approximate surface area is 162 Å². The quantitative estimate of drug-likeness (QED) is 0.551. The second-order valence-electron chi connectivity index (χ2n) is 6.01. The maximum Gasteiger partial charge on any atom is 0.326 e. The Morgan fingerprint density at radius 3 is 2.52 bits per heavy atom. The van der Waals surface area contributed by atoms with Gasteiger partial charge in [-0.1, -0.05) is 62.1 Å². The molecule has 1 aliphatic heterocycles. The third-order valence-corrected chi connectivity index (χ3v) is 5.89.